The van der Waals surface area contributed by atoms with Gasteiger partial charge < -0.3 is 15.1 Å². The fraction of sp³-hybridized carbons (Fsp3) is 0.438. The van der Waals surface area contributed by atoms with Crippen molar-refractivity contribution in [2.24, 2.45) is 0 Å². The molecule has 0 spiro atoms. The number of nitrogens with one attached hydrogen (secondary N) is 1. The molecule has 0 unspecified atom stereocenters. The lowest BCUT2D eigenvalue weighted by Gasteiger charge is -2.34. The molecule has 0 amide bonds. The van der Waals surface area contributed by atoms with Gasteiger partial charge in [0.05, 0.1) is 11.9 Å². The third-order valence-electron chi connectivity index (χ3n) is 4.17. The average molecular weight is 270 g/mol. The topological polar surface area (TPSA) is 31.4 Å². The van der Waals surface area contributed by atoms with E-state index < -0.39 is 0 Å². The SMILES string of the molecule is CNc1cnc(N2CCN(C)CC2)c2cccc(C)c12. The van der Waals surface area contributed by atoms with Gasteiger partial charge in [-0.15, -0.1) is 0 Å². The monoisotopic (exact) mass is 270 g/mol. The van der Waals surface area contributed by atoms with E-state index in [1.165, 1.54) is 16.3 Å². The fourth-order valence-electron chi connectivity index (χ4n) is 2.93. The van der Waals surface area contributed by atoms with Gasteiger partial charge in [-0.05, 0) is 19.5 Å². The normalized spacial score (nSPS) is 16.6. The molecule has 106 valence electrons. The van der Waals surface area contributed by atoms with Crippen molar-refractivity contribution in [2.45, 2.75) is 6.92 Å². The molecule has 1 aromatic heterocycles. The summed E-state index contributed by atoms with van der Waals surface area (Å²) >= 11 is 0. The molecule has 2 aromatic rings. The summed E-state index contributed by atoms with van der Waals surface area (Å²) in [5.74, 6) is 1.12. The van der Waals surface area contributed by atoms with Gasteiger partial charge in [0.2, 0.25) is 0 Å². The molecule has 1 aromatic carbocycles. The standard InChI is InChI=1S/C16H22N4/c1-12-5-4-6-13-15(12)14(17-2)11-18-16(13)20-9-7-19(3)8-10-20/h4-6,11,17H,7-10H2,1-3H3. The zero-order valence-corrected chi connectivity index (χ0v) is 12.5. The molecule has 0 atom stereocenters. The third-order valence-corrected chi connectivity index (χ3v) is 4.17. The molecule has 0 bridgehead atoms. The first-order valence-corrected chi connectivity index (χ1v) is 7.20. The molecule has 1 aliphatic rings. The molecule has 20 heavy (non-hydrogen) atoms. The van der Waals surface area contributed by atoms with Crippen LogP contribution in [0.2, 0.25) is 0 Å². The number of hydrogen-bond donors (Lipinski definition) is 1. The smallest absolute Gasteiger partial charge is 0.136 e. The number of nitrogens with zero attached hydrogens (tertiary/aromatic N) is 3. The fourth-order valence-corrected chi connectivity index (χ4v) is 2.93. The highest BCUT2D eigenvalue weighted by Gasteiger charge is 2.18. The zero-order valence-electron chi connectivity index (χ0n) is 12.5. The predicted molar refractivity (Wildman–Crippen MR) is 85.7 cm³/mol. The average Bonchev–Trinajstić information content (AvgIpc) is 2.47. The maximum absolute atomic E-state index is 4.71. The van der Waals surface area contributed by atoms with E-state index >= 15 is 0 Å². The van der Waals surface area contributed by atoms with Crippen molar-refractivity contribution in [3.05, 3.63) is 30.0 Å². The Labute approximate surface area is 120 Å². The van der Waals surface area contributed by atoms with Crippen LogP contribution in [0.15, 0.2) is 24.4 Å². The van der Waals surface area contributed by atoms with Crippen LogP contribution < -0.4 is 10.2 Å². The lowest BCUT2D eigenvalue weighted by Crippen LogP contribution is -2.44. The van der Waals surface area contributed by atoms with Gasteiger partial charge in [-0.3, -0.25) is 0 Å². The molecular formula is C16H22N4. The summed E-state index contributed by atoms with van der Waals surface area (Å²) in [5.41, 5.74) is 2.40. The molecule has 1 N–H and O–H groups in total. The second kappa shape index (κ2) is 5.29. The van der Waals surface area contributed by atoms with Crippen LogP contribution in [0.1, 0.15) is 5.56 Å². The number of benzene rings is 1. The van der Waals surface area contributed by atoms with Gasteiger partial charge in [0, 0.05) is 44.0 Å². The Morgan fingerprint density at radius 1 is 1.15 bits per heavy atom. The number of piperazine rings is 1. The van der Waals surface area contributed by atoms with Crippen molar-refractivity contribution >= 4 is 22.3 Å². The quantitative estimate of drug-likeness (QED) is 0.907. The highest BCUT2D eigenvalue weighted by Crippen LogP contribution is 2.32. The summed E-state index contributed by atoms with van der Waals surface area (Å²) in [6, 6.07) is 6.47. The highest BCUT2D eigenvalue weighted by atomic mass is 15.3. The minimum atomic E-state index is 1.05. The maximum atomic E-state index is 4.71. The number of aryl methyl sites for hydroxylation is 1. The Bertz CT molecular complexity index is 615. The van der Waals surface area contributed by atoms with Crippen molar-refractivity contribution in [3.8, 4) is 0 Å². The van der Waals surface area contributed by atoms with Gasteiger partial charge in [0.25, 0.3) is 0 Å². The van der Waals surface area contributed by atoms with E-state index in [0.717, 1.165) is 37.7 Å². The van der Waals surface area contributed by atoms with Crippen molar-refractivity contribution < 1.29 is 0 Å². The van der Waals surface area contributed by atoms with Gasteiger partial charge in [0.15, 0.2) is 0 Å². The van der Waals surface area contributed by atoms with E-state index in [2.05, 4.69) is 47.3 Å². The molecule has 4 heteroatoms. The van der Waals surface area contributed by atoms with Crippen LogP contribution in [0.25, 0.3) is 10.8 Å². The van der Waals surface area contributed by atoms with Gasteiger partial charge >= 0.3 is 0 Å². The molecule has 0 aliphatic carbocycles. The molecule has 1 aliphatic heterocycles. The molecule has 3 rings (SSSR count). The van der Waals surface area contributed by atoms with Crippen LogP contribution in [0.4, 0.5) is 11.5 Å². The summed E-state index contributed by atoms with van der Waals surface area (Å²) in [6.45, 7) is 6.46. The Morgan fingerprint density at radius 2 is 1.90 bits per heavy atom. The van der Waals surface area contributed by atoms with E-state index in [4.69, 9.17) is 4.98 Å². The summed E-state index contributed by atoms with van der Waals surface area (Å²) in [4.78, 5) is 9.48. The number of aromatic nitrogens is 1. The molecule has 4 nitrogen and oxygen atoms in total. The number of hydrogen-bond acceptors (Lipinski definition) is 4. The minimum Gasteiger partial charge on any atom is -0.386 e. The van der Waals surface area contributed by atoms with Crippen LogP contribution in [0, 0.1) is 6.92 Å². The first-order valence-electron chi connectivity index (χ1n) is 7.20. The maximum Gasteiger partial charge on any atom is 0.136 e. The number of likely N-dealkylation sites (N-methyl/N-ethyl adjacent to an activating group) is 1. The van der Waals surface area contributed by atoms with E-state index in [1.54, 1.807) is 0 Å². The van der Waals surface area contributed by atoms with Crippen molar-refractivity contribution in [2.75, 3.05) is 50.5 Å². The second-order valence-electron chi connectivity index (χ2n) is 5.53. The van der Waals surface area contributed by atoms with Crippen LogP contribution in [-0.2, 0) is 0 Å². The largest absolute Gasteiger partial charge is 0.386 e. The molecule has 1 saturated heterocycles. The number of fused-ring (bicyclic) bond motifs is 1. The van der Waals surface area contributed by atoms with E-state index in [0.29, 0.717) is 0 Å². The molecule has 1 fully saturated rings. The van der Waals surface area contributed by atoms with Gasteiger partial charge in [-0.25, -0.2) is 4.98 Å². The van der Waals surface area contributed by atoms with Gasteiger partial charge in [-0.2, -0.15) is 0 Å². The van der Waals surface area contributed by atoms with E-state index in [1.807, 2.05) is 13.2 Å². The summed E-state index contributed by atoms with van der Waals surface area (Å²) in [5, 5.41) is 5.80. The second-order valence-corrected chi connectivity index (χ2v) is 5.53. The Kier molecular flexibility index (Phi) is 3.49. The zero-order chi connectivity index (χ0) is 14.1. The minimum absolute atomic E-state index is 1.05. The first-order chi connectivity index (χ1) is 9.70. The summed E-state index contributed by atoms with van der Waals surface area (Å²) in [6.07, 6.45) is 1.96. The van der Waals surface area contributed by atoms with Crippen molar-refractivity contribution in [1.29, 1.82) is 0 Å². The lowest BCUT2D eigenvalue weighted by atomic mass is 10.0. The van der Waals surface area contributed by atoms with Crippen LogP contribution in [0.3, 0.4) is 0 Å². The van der Waals surface area contributed by atoms with Crippen LogP contribution >= 0.6 is 0 Å². The molecule has 0 radical (unpaired) electrons. The molecule has 2 heterocycles. The summed E-state index contributed by atoms with van der Waals surface area (Å²) < 4.78 is 0. The highest BCUT2D eigenvalue weighted by molar-refractivity contribution is 6.02. The van der Waals surface area contributed by atoms with Crippen LogP contribution in [-0.4, -0.2) is 50.2 Å². The third kappa shape index (κ3) is 2.20. The number of rotatable bonds is 2. The first kappa shape index (κ1) is 13.2. The molecular weight excluding hydrogens is 248 g/mol. The Hall–Kier alpha value is -1.81. The van der Waals surface area contributed by atoms with E-state index in [-0.39, 0.29) is 0 Å². The van der Waals surface area contributed by atoms with Gasteiger partial charge in [0.1, 0.15) is 5.82 Å². The van der Waals surface area contributed by atoms with Gasteiger partial charge in [-0.1, -0.05) is 18.2 Å². The number of anilines is 2. The number of pyridine rings is 1. The van der Waals surface area contributed by atoms with E-state index in [9.17, 15) is 0 Å². The Morgan fingerprint density at radius 3 is 2.60 bits per heavy atom. The van der Waals surface area contributed by atoms with Crippen LogP contribution in [0.5, 0.6) is 0 Å². The Balaban J connectivity index is 2.10. The molecule has 0 saturated carbocycles. The predicted octanol–water partition coefficient (Wildman–Crippen LogP) is 2.34. The summed E-state index contributed by atoms with van der Waals surface area (Å²) in [7, 11) is 4.13. The van der Waals surface area contributed by atoms with Crippen molar-refractivity contribution in [1.82, 2.24) is 9.88 Å². The van der Waals surface area contributed by atoms with Crippen molar-refractivity contribution in [3.63, 3.8) is 0 Å². The lowest BCUT2D eigenvalue weighted by molar-refractivity contribution is 0.312.